The first kappa shape index (κ1) is 13.2. The average Bonchev–Trinajstić information content (AvgIpc) is 3.19. The van der Waals surface area contributed by atoms with E-state index in [1.807, 2.05) is 12.1 Å². The van der Waals surface area contributed by atoms with Crippen molar-refractivity contribution in [2.45, 2.75) is 25.7 Å². The molecule has 0 radical (unpaired) electrons. The van der Waals surface area contributed by atoms with E-state index in [9.17, 15) is 4.79 Å². The van der Waals surface area contributed by atoms with Crippen LogP contribution in [0.3, 0.4) is 0 Å². The summed E-state index contributed by atoms with van der Waals surface area (Å²) >= 11 is 5.86. The number of hydrogen-bond donors (Lipinski definition) is 0. The number of nitrogens with zero attached hydrogens (tertiary/aromatic N) is 1. The molecule has 0 amide bonds. The minimum Gasteiger partial charge on any atom is -0.460 e. The third-order valence-corrected chi connectivity index (χ3v) is 3.42. The third kappa shape index (κ3) is 2.56. The van der Waals surface area contributed by atoms with Crippen molar-refractivity contribution in [1.29, 1.82) is 0 Å². The van der Waals surface area contributed by atoms with Crippen LogP contribution in [0, 0.1) is 0 Å². The van der Waals surface area contributed by atoms with E-state index in [4.69, 9.17) is 20.8 Å². The highest BCUT2D eigenvalue weighted by atomic mass is 35.5. The number of esters is 1. The molecule has 1 heterocycles. The number of carbonyl (C=O) groups is 1. The Hall–Kier alpha value is -1.81. The summed E-state index contributed by atoms with van der Waals surface area (Å²) < 4.78 is 10.6. The number of rotatable bonds is 4. The van der Waals surface area contributed by atoms with Crippen LogP contribution in [0.1, 0.15) is 41.9 Å². The lowest BCUT2D eigenvalue weighted by molar-refractivity contribution is 0.0489. The molecule has 0 N–H and O–H groups in total. The van der Waals surface area contributed by atoms with Crippen LogP contribution in [0.2, 0.25) is 5.02 Å². The van der Waals surface area contributed by atoms with Crippen LogP contribution >= 0.6 is 11.6 Å². The van der Waals surface area contributed by atoms with Crippen molar-refractivity contribution in [3.8, 4) is 11.5 Å². The molecule has 2 aromatic rings. The van der Waals surface area contributed by atoms with E-state index < -0.39 is 5.97 Å². The molecule has 1 aromatic heterocycles. The van der Waals surface area contributed by atoms with E-state index in [0.29, 0.717) is 29.1 Å². The lowest BCUT2D eigenvalue weighted by Gasteiger charge is -1.99. The maximum Gasteiger partial charge on any atom is 0.376 e. The van der Waals surface area contributed by atoms with Crippen LogP contribution in [-0.2, 0) is 4.74 Å². The molecule has 0 unspecified atom stereocenters. The van der Waals surface area contributed by atoms with Gasteiger partial charge in [-0.15, -0.1) is 0 Å². The first-order valence-electron chi connectivity index (χ1n) is 6.63. The van der Waals surface area contributed by atoms with Gasteiger partial charge in [-0.1, -0.05) is 11.6 Å². The maximum atomic E-state index is 11.9. The fourth-order valence-corrected chi connectivity index (χ4v) is 2.15. The Bertz CT molecular complexity index is 629. The van der Waals surface area contributed by atoms with E-state index in [-0.39, 0.29) is 5.76 Å². The van der Waals surface area contributed by atoms with Gasteiger partial charge in [0.15, 0.2) is 0 Å². The highest BCUT2D eigenvalue weighted by Crippen LogP contribution is 2.42. The predicted molar refractivity (Wildman–Crippen MR) is 74.9 cm³/mol. The average molecular weight is 292 g/mol. The monoisotopic (exact) mass is 291 g/mol. The maximum absolute atomic E-state index is 11.9. The molecule has 3 rings (SSSR count). The first-order chi connectivity index (χ1) is 9.69. The van der Waals surface area contributed by atoms with E-state index in [1.54, 1.807) is 19.1 Å². The fourth-order valence-electron chi connectivity index (χ4n) is 2.02. The van der Waals surface area contributed by atoms with Crippen molar-refractivity contribution >= 4 is 17.6 Å². The van der Waals surface area contributed by atoms with Crippen LogP contribution < -0.4 is 0 Å². The Labute approximate surface area is 121 Å². The molecule has 1 saturated carbocycles. The van der Waals surface area contributed by atoms with Gasteiger partial charge in [0.05, 0.1) is 12.3 Å². The summed E-state index contributed by atoms with van der Waals surface area (Å²) in [5.41, 5.74) is 1.51. The van der Waals surface area contributed by atoms with Gasteiger partial charge in [-0.25, -0.2) is 9.78 Å². The number of hydrogen-bond acceptors (Lipinski definition) is 4. The minimum absolute atomic E-state index is 0.235. The van der Waals surface area contributed by atoms with Crippen LogP contribution in [0.15, 0.2) is 28.7 Å². The molecule has 0 aliphatic heterocycles. The Morgan fingerprint density at radius 1 is 1.40 bits per heavy atom. The van der Waals surface area contributed by atoms with Crippen molar-refractivity contribution < 1.29 is 13.9 Å². The summed E-state index contributed by atoms with van der Waals surface area (Å²) in [7, 11) is 0. The van der Waals surface area contributed by atoms with Gasteiger partial charge < -0.3 is 9.15 Å². The topological polar surface area (TPSA) is 52.3 Å². The number of aromatic nitrogens is 1. The zero-order valence-electron chi connectivity index (χ0n) is 11.1. The Kier molecular flexibility index (Phi) is 3.49. The highest BCUT2D eigenvalue weighted by molar-refractivity contribution is 6.30. The van der Waals surface area contributed by atoms with Crippen molar-refractivity contribution in [2.24, 2.45) is 0 Å². The molecule has 5 heteroatoms. The van der Waals surface area contributed by atoms with E-state index in [0.717, 1.165) is 18.4 Å². The van der Waals surface area contributed by atoms with Gasteiger partial charge in [0.25, 0.3) is 0 Å². The van der Waals surface area contributed by atoms with Gasteiger partial charge >= 0.3 is 5.97 Å². The standard InChI is InChI=1S/C15H14ClNO3/c1-2-19-15(18)13-12(9-3-4-9)17-14(20-13)10-5-7-11(16)8-6-10/h5-9H,2-4H2,1H3. The summed E-state index contributed by atoms with van der Waals surface area (Å²) in [5, 5.41) is 0.647. The second-order valence-electron chi connectivity index (χ2n) is 4.74. The molecule has 0 spiro atoms. The summed E-state index contributed by atoms with van der Waals surface area (Å²) in [4.78, 5) is 16.4. The lowest BCUT2D eigenvalue weighted by Crippen LogP contribution is -2.05. The molecule has 0 atom stereocenters. The predicted octanol–water partition coefficient (Wildman–Crippen LogP) is 4.05. The van der Waals surface area contributed by atoms with Gasteiger partial charge in [0.2, 0.25) is 11.7 Å². The largest absolute Gasteiger partial charge is 0.460 e. The number of carbonyl (C=O) groups excluding carboxylic acids is 1. The molecular weight excluding hydrogens is 278 g/mol. The number of ether oxygens (including phenoxy) is 1. The molecule has 1 fully saturated rings. The van der Waals surface area contributed by atoms with Gasteiger partial charge in [0.1, 0.15) is 0 Å². The van der Waals surface area contributed by atoms with Gasteiger partial charge in [0, 0.05) is 16.5 Å². The molecular formula is C15H14ClNO3. The Morgan fingerprint density at radius 2 is 2.10 bits per heavy atom. The van der Waals surface area contributed by atoms with Crippen LogP contribution in [-0.4, -0.2) is 17.6 Å². The fraction of sp³-hybridized carbons (Fsp3) is 0.333. The lowest BCUT2D eigenvalue weighted by atomic mass is 10.2. The summed E-state index contributed by atoms with van der Waals surface area (Å²) in [5.74, 6) is 0.548. The van der Waals surface area contributed by atoms with Crippen LogP contribution in [0.5, 0.6) is 0 Å². The first-order valence-corrected chi connectivity index (χ1v) is 7.00. The Morgan fingerprint density at radius 3 is 2.70 bits per heavy atom. The zero-order chi connectivity index (χ0) is 14.1. The third-order valence-electron chi connectivity index (χ3n) is 3.17. The summed E-state index contributed by atoms with van der Waals surface area (Å²) in [6.45, 7) is 2.09. The van der Waals surface area contributed by atoms with E-state index in [1.165, 1.54) is 0 Å². The second kappa shape index (κ2) is 5.29. The smallest absolute Gasteiger partial charge is 0.376 e. The number of oxazole rings is 1. The number of halogens is 1. The van der Waals surface area contributed by atoms with Crippen molar-refractivity contribution in [1.82, 2.24) is 4.98 Å². The second-order valence-corrected chi connectivity index (χ2v) is 5.17. The van der Waals surface area contributed by atoms with Gasteiger partial charge in [-0.2, -0.15) is 0 Å². The minimum atomic E-state index is -0.442. The van der Waals surface area contributed by atoms with Crippen molar-refractivity contribution in [3.63, 3.8) is 0 Å². The molecule has 0 bridgehead atoms. The van der Waals surface area contributed by atoms with Crippen LogP contribution in [0.25, 0.3) is 11.5 Å². The normalized spacial score (nSPS) is 14.3. The highest BCUT2D eigenvalue weighted by Gasteiger charge is 2.34. The molecule has 4 nitrogen and oxygen atoms in total. The summed E-state index contributed by atoms with van der Waals surface area (Å²) in [6.07, 6.45) is 2.08. The SMILES string of the molecule is CCOC(=O)c1oc(-c2ccc(Cl)cc2)nc1C1CC1. The summed E-state index contributed by atoms with van der Waals surface area (Å²) in [6, 6.07) is 7.17. The molecule has 1 aromatic carbocycles. The van der Waals surface area contributed by atoms with E-state index >= 15 is 0 Å². The molecule has 20 heavy (non-hydrogen) atoms. The van der Waals surface area contributed by atoms with Crippen LogP contribution in [0.4, 0.5) is 0 Å². The van der Waals surface area contributed by atoms with E-state index in [2.05, 4.69) is 4.98 Å². The van der Waals surface area contributed by atoms with Gasteiger partial charge in [-0.05, 0) is 44.0 Å². The molecule has 0 saturated heterocycles. The molecule has 1 aliphatic rings. The zero-order valence-corrected chi connectivity index (χ0v) is 11.8. The van der Waals surface area contributed by atoms with Crippen molar-refractivity contribution in [3.05, 3.63) is 40.7 Å². The molecule has 104 valence electrons. The van der Waals surface area contributed by atoms with Crippen molar-refractivity contribution in [2.75, 3.05) is 6.61 Å². The quantitative estimate of drug-likeness (QED) is 0.798. The molecule has 1 aliphatic carbocycles. The van der Waals surface area contributed by atoms with Gasteiger partial charge in [-0.3, -0.25) is 0 Å². The number of benzene rings is 1. The Balaban J connectivity index is 1.98.